The van der Waals surface area contributed by atoms with Crippen molar-refractivity contribution < 1.29 is 4.74 Å². The Morgan fingerprint density at radius 2 is 2.15 bits per heavy atom. The van der Waals surface area contributed by atoms with Gasteiger partial charge in [-0.05, 0) is 35.7 Å². The summed E-state index contributed by atoms with van der Waals surface area (Å²) >= 11 is 1.76. The second-order valence-corrected chi connectivity index (χ2v) is 5.63. The Kier molecular flexibility index (Phi) is 3.71. The van der Waals surface area contributed by atoms with Gasteiger partial charge in [0.2, 0.25) is 0 Å². The number of hydrogen-bond acceptors (Lipinski definition) is 5. The molecule has 0 amide bonds. The highest BCUT2D eigenvalue weighted by molar-refractivity contribution is 7.10. The summed E-state index contributed by atoms with van der Waals surface area (Å²) in [6, 6.07) is 12.5. The summed E-state index contributed by atoms with van der Waals surface area (Å²) in [6.45, 7) is 0.508. The molecule has 0 radical (unpaired) electrons. The second-order valence-electron chi connectivity index (χ2n) is 4.65. The zero-order valence-electron chi connectivity index (χ0n) is 11.3. The monoisotopic (exact) mass is 287 g/mol. The van der Waals surface area contributed by atoms with Gasteiger partial charge >= 0.3 is 0 Å². The van der Waals surface area contributed by atoms with Crippen LogP contribution in [-0.2, 0) is 0 Å². The van der Waals surface area contributed by atoms with Gasteiger partial charge in [0.1, 0.15) is 5.75 Å². The molecule has 1 atom stereocenters. The molecule has 1 aromatic heterocycles. The van der Waals surface area contributed by atoms with Crippen LogP contribution in [0, 0.1) is 0 Å². The lowest BCUT2D eigenvalue weighted by molar-refractivity contribution is 0.415. The quantitative estimate of drug-likeness (QED) is 0.940. The van der Waals surface area contributed by atoms with Crippen LogP contribution in [0.25, 0.3) is 0 Å². The molecule has 2 N–H and O–H groups in total. The van der Waals surface area contributed by atoms with Crippen molar-refractivity contribution in [1.82, 2.24) is 0 Å². The van der Waals surface area contributed by atoms with E-state index in [1.54, 1.807) is 18.4 Å². The predicted octanol–water partition coefficient (Wildman–Crippen LogP) is 3.02. The van der Waals surface area contributed by atoms with Crippen LogP contribution in [0.5, 0.6) is 5.75 Å². The van der Waals surface area contributed by atoms with Crippen LogP contribution in [0.2, 0.25) is 0 Å². The Morgan fingerprint density at radius 1 is 1.35 bits per heavy atom. The summed E-state index contributed by atoms with van der Waals surface area (Å²) in [4.78, 5) is 1.31. The summed E-state index contributed by atoms with van der Waals surface area (Å²) < 4.78 is 5.20. The third-order valence-electron chi connectivity index (χ3n) is 3.42. The van der Waals surface area contributed by atoms with Crippen LogP contribution < -0.4 is 15.5 Å². The van der Waals surface area contributed by atoms with Gasteiger partial charge in [-0.25, -0.2) is 0 Å². The lowest BCUT2D eigenvalue weighted by Crippen LogP contribution is -2.17. The maximum Gasteiger partial charge on any atom is 0.119 e. The van der Waals surface area contributed by atoms with Gasteiger partial charge in [-0.2, -0.15) is 5.10 Å². The van der Waals surface area contributed by atoms with Crippen molar-refractivity contribution in [2.75, 3.05) is 18.7 Å². The first-order valence-electron chi connectivity index (χ1n) is 6.55. The van der Waals surface area contributed by atoms with E-state index in [1.165, 1.54) is 4.88 Å². The van der Waals surface area contributed by atoms with Gasteiger partial charge in [-0.15, -0.1) is 11.3 Å². The highest BCUT2D eigenvalue weighted by Crippen LogP contribution is 2.37. The Labute approximate surface area is 122 Å². The average molecular weight is 287 g/mol. The van der Waals surface area contributed by atoms with E-state index >= 15 is 0 Å². The van der Waals surface area contributed by atoms with Gasteiger partial charge in [0.05, 0.1) is 24.6 Å². The van der Waals surface area contributed by atoms with Crippen molar-refractivity contribution in [3.63, 3.8) is 0 Å². The van der Waals surface area contributed by atoms with E-state index < -0.39 is 0 Å². The van der Waals surface area contributed by atoms with E-state index in [1.807, 2.05) is 24.3 Å². The largest absolute Gasteiger partial charge is 0.497 e. The van der Waals surface area contributed by atoms with Crippen LogP contribution in [-0.4, -0.2) is 19.4 Å². The molecule has 3 rings (SSSR count). The van der Waals surface area contributed by atoms with Crippen molar-refractivity contribution in [2.24, 2.45) is 10.8 Å². The Morgan fingerprint density at radius 3 is 2.75 bits per heavy atom. The fourth-order valence-corrected chi connectivity index (χ4v) is 3.18. The molecule has 2 heterocycles. The van der Waals surface area contributed by atoms with E-state index in [0.717, 1.165) is 23.6 Å². The Balaban J connectivity index is 1.92. The first kappa shape index (κ1) is 13.1. The summed E-state index contributed by atoms with van der Waals surface area (Å²) in [5.74, 6) is 0.851. The second kappa shape index (κ2) is 5.64. The minimum atomic E-state index is 0.252. The molecular weight excluding hydrogens is 270 g/mol. The molecule has 0 saturated carbocycles. The predicted molar refractivity (Wildman–Crippen MR) is 83.6 cm³/mol. The minimum Gasteiger partial charge on any atom is -0.497 e. The van der Waals surface area contributed by atoms with Crippen molar-refractivity contribution >= 4 is 22.7 Å². The number of nitrogens with two attached hydrogens (primary N) is 1. The molecule has 0 spiro atoms. The smallest absolute Gasteiger partial charge is 0.119 e. The van der Waals surface area contributed by atoms with Gasteiger partial charge in [-0.1, -0.05) is 6.07 Å². The zero-order chi connectivity index (χ0) is 13.9. The number of rotatable bonds is 4. The molecule has 0 saturated heterocycles. The number of methoxy groups -OCH3 is 1. The molecule has 0 aliphatic carbocycles. The third-order valence-corrected chi connectivity index (χ3v) is 4.39. The average Bonchev–Trinajstić information content (AvgIpc) is 3.16. The van der Waals surface area contributed by atoms with Crippen LogP contribution in [0.15, 0.2) is 46.9 Å². The summed E-state index contributed by atoms with van der Waals surface area (Å²) in [5.41, 5.74) is 7.86. The van der Waals surface area contributed by atoms with Crippen LogP contribution in [0.4, 0.5) is 5.69 Å². The fourth-order valence-electron chi connectivity index (χ4n) is 2.37. The maximum absolute atomic E-state index is 5.76. The van der Waals surface area contributed by atoms with Crippen LogP contribution in [0.3, 0.4) is 0 Å². The van der Waals surface area contributed by atoms with E-state index in [-0.39, 0.29) is 6.04 Å². The highest BCUT2D eigenvalue weighted by Gasteiger charge is 2.29. The lowest BCUT2D eigenvalue weighted by Gasteiger charge is -2.22. The molecule has 0 bridgehead atoms. The molecule has 5 heteroatoms. The van der Waals surface area contributed by atoms with Crippen molar-refractivity contribution in [1.29, 1.82) is 0 Å². The highest BCUT2D eigenvalue weighted by atomic mass is 32.1. The lowest BCUT2D eigenvalue weighted by atomic mass is 10.1. The Bertz CT molecular complexity index is 592. The van der Waals surface area contributed by atoms with Crippen molar-refractivity contribution in [2.45, 2.75) is 12.5 Å². The molecule has 1 unspecified atom stereocenters. The molecule has 0 fully saturated rings. The van der Waals surface area contributed by atoms with Gasteiger partial charge in [-0.3, -0.25) is 5.01 Å². The molecule has 1 aliphatic heterocycles. The van der Waals surface area contributed by atoms with Crippen molar-refractivity contribution in [3.05, 3.63) is 46.7 Å². The van der Waals surface area contributed by atoms with Crippen LogP contribution in [0.1, 0.15) is 17.3 Å². The maximum atomic E-state index is 5.76. The van der Waals surface area contributed by atoms with Gasteiger partial charge in [0.15, 0.2) is 0 Å². The number of nitrogens with zero attached hydrogens (tertiary/aromatic N) is 2. The molecule has 20 heavy (non-hydrogen) atoms. The summed E-state index contributed by atoms with van der Waals surface area (Å²) in [7, 11) is 1.67. The minimum absolute atomic E-state index is 0.252. The number of hydrogen-bond donors (Lipinski definition) is 1. The molecule has 2 aromatic rings. The number of benzene rings is 1. The molecular formula is C15H17N3OS. The molecule has 4 nitrogen and oxygen atoms in total. The molecule has 1 aromatic carbocycles. The molecule has 1 aliphatic rings. The van der Waals surface area contributed by atoms with Crippen LogP contribution >= 0.6 is 11.3 Å². The number of thiophene rings is 1. The van der Waals surface area contributed by atoms with Gasteiger partial charge < -0.3 is 10.5 Å². The van der Waals surface area contributed by atoms with Gasteiger partial charge in [0.25, 0.3) is 0 Å². The fraction of sp³-hybridized carbons (Fsp3) is 0.267. The van der Waals surface area contributed by atoms with Gasteiger partial charge in [0, 0.05) is 17.8 Å². The third kappa shape index (κ3) is 2.42. The number of ether oxygens (including phenoxy) is 1. The first-order valence-corrected chi connectivity index (χ1v) is 7.43. The van der Waals surface area contributed by atoms with Crippen molar-refractivity contribution in [3.8, 4) is 5.75 Å². The SMILES string of the molecule is COc1ccc(N2N=C(CN)CC2c2cccs2)cc1. The van der Waals surface area contributed by atoms with E-state index in [0.29, 0.717) is 6.54 Å². The number of anilines is 1. The molecule has 104 valence electrons. The first-order chi connectivity index (χ1) is 9.81. The van der Waals surface area contributed by atoms with E-state index in [4.69, 9.17) is 10.5 Å². The normalized spacial score (nSPS) is 18.2. The number of hydrazone groups is 1. The zero-order valence-corrected chi connectivity index (χ0v) is 12.1. The summed E-state index contributed by atoms with van der Waals surface area (Å²) in [5, 5.41) is 8.82. The van der Waals surface area contributed by atoms with E-state index in [2.05, 4.69) is 27.6 Å². The Hall–Kier alpha value is -1.85. The van der Waals surface area contributed by atoms with E-state index in [9.17, 15) is 0 Å². The topological polar surface area (TPSA) is 50.8 Å². The summed E-state index contributed by atoms with van der Waals surface area (Å²) in [6.07, 6.45) is 0.892. The standard InChI is InChI=1S/C15H17N3OS/c1-19-13-6-4-12(5-7-13)18-14(9-11(10-16)17-18)15-3-2-8-20-15/h2-8,14H,9-10,16H2,1H3.